The maximum atomic E-state index is 14.0. The number of benzene rings is 3. The summed E-state index contributed by atoms with van der Waals surface area (Å²) in [5, 5.41) is 4.49. The van der Waals surface area contributed by atoms with Gasteiger partial charge >= 0.3 is 0 Å². The van der Waals surface area contributed by atoms with Crippen molar-refractivity contribution in [2.24, 2.45) is 0 Å². The van der Waals surface area contributed by atoms with E-state index < -0.39 is 0 Å². The van der Waals surface area contributed by atoms with Gasteiger partial charge in [0.15, 0.2) is 5.78 Å². The lowest BCUT2D eigenvalue weighted by atomic mass is 9.82. The first kappa shape index (κ1) is 24.0. The van der Waals surface area contributed by atoms with Crippen molar-refractivity contribution in [3.8, 4) is 0 Å². The topological polar surface area (TPSA) is 17.1 Å². The molecule has 0 amide bonds. The number of carbonyl (C=O) groups excluding carboxylic acids is 1. The van der Waals surface area contributed by atoms with Crippen LogP contribution in [0.3, 0.4) is 0 Å². The van der Waals surface area contributed by atoms with Gasteiger partial charge in [0.05, 0.1) is 0 Å². The van der Waals surface area contributed by atoms with E-state index in [1.807, 2.05) is 30.3 Å². The molecule has 0 atom stereocenters. The molecule has 0 radical (unpaired) electrons. The van der Waals surface area contributed by atoms with Crippen LogP contribution in [-0.2, 0) is 10.8 Å². The van der Waals surface area contributed by atoms with Crippen LogP contribution in [0.5, 0.6) is 0 Å². The van der Waals surface area contributed by atoms with E-state index in [1.54, 1.807) is 0 Å². The Bertz CT molecular complexity index is 1430. The fraction of sp³-hybridized carbons (Fsp3) is 0.303. The Morgan fingerprint density at radius 2 is 1.09 bits per heavy atom. The van der Waals surface area contributed by atoms with Gasteiger partial charge in [-0.25, -0.2) is 0 Å². The normalized spacial score (nSPS) is 12.2. The summed E-state index contributed by atoms with van der Waals surface area (Å²) in [7, 11) is 0. The van der Waals surface area contributed by atoms with Gasteiger partial charge in [-0.15, -0.1) is 0 Å². The fourth-order valence-electron chi connectivity index (χ4n) is 4.48. The first-order valence-corrected chi connectivity index (χ1v) is 12.2. The van der Waals surface area contributed by atoms with Crippen LogP contribution in [0.25, 0.3) is 21.5 Å². The predicted molar refractivity (Wildman–Crippen MR) is 147 cm³/mol. The molecule has 1 heteroatoms. The molecule has 0 aliphatic heterocycles. The maximum absolute atomic E-state index is 14.0. The van der Waals surface area contributed by atoms with Crippen LogP contribution in [0.1, 0.15) is 79.7 Å². The molecule has 0 heterocycles. The third-order valence-corrected chi connectivity index (χ3v) is 6.98. The van der Waals surface area contributed by atoms with Crippen LogP contribution in [0.2, 0.25) is 0 Å². The molecular weight excluding hydrogens is 412 g/mol. The van der Waals surface area contributed by atoms with Crippen molar-refractivity contribution in [1.82, 2.24) is 0 Å². The largest absolute Gasteiger partial charge is 0.289 e. The first-order valence-electron chi connectivity index (χ1n) is 12.2. The Balaban J connectivity index is 2.24. The number of ketones is 1. The molecule has 0 spiro atoms. The minimum absolute atomic E-state index is 0.0101. The van der Waals surface area contributed by atoms with Crippen molar-refractivity contribution < 1.29 is 4.79 Å². The van der Waals surface area contributed by atoms with E-state index in [9.17, 15) is 4.79 Å². The van der Waals surface area contributed by atoms with Crippen molar-refractivity contribution >= 4 is 27.3 Å². The van der Waals surface area contributed by atoms with Gasteiger partial charge in [0.25, 0.3) is 0 Å². The Morgan fingerprint density at radius 3 is 1.65 bits per heavy atom. The van der Waals surface area contributed by atoms with Crippen molar-refractivity contribution in [2.45, 2.75) is 66.2 Å². The lowest BCUT2D eigenvalue weighted by molar-refractivity contribution is 0.104. The summed E-state index contributed by atoms with van der Waals surface area (Å²) in [6.07, 6.45) is 0. The third kappa shape index (κ3) is 4.57. The van der Waals surface area contributed by atoms with E-state index >= 15 is 0 Å². The van der Waals surface area contributed by atoms with Gasteiger partial charge in [-0.05, 0) is 74.5 Å². The molecule has 0 fully saturated rings. The van der Waals surface area contributed by atoms with Gasteiger partial charge in [0.1, 0.15) is 0 Å². The number of hydrogen-bond acceptors (Lipinski definition) is 1. The molecule has 4 aromatic carbocycles. The summed E-state index contributed by atoms with van der Waals surface area (Å²) in [5.41, 5.74) is 6.29. The van der Waals surface area contributed by atoms with Crippen LogP contribution in [0.15, 0.2) is 72.8 Å². The molecule has 0 saturated heterocycles. The van der Waals surface area contributed by atoms with Gasteiger partial charge in [-0.3, -0.25) is 4.79 Å². The summed E-state index contributed by atoms with van der Waals surface area (Å²) in [6.45, 7) is 17.7. The highest BCUT2D eigenvalue weighted by atomic mass is 16.1. The van der Waals surface area contributed by atoms with E-state index in [-0.39, 0.29) is 16.6 Å². The standard InChI is InChI=1S/C33H36O/c1-21-24-14-15-25-17-28(33(6,7)8)20-29(22(25)2)30(31(34)23-12-10-9-11-13-23)19-26(21)18-27(16-24)32(3,4)5/h9-20H,1-8H3. The summed E-state index contributed by atoms with van der Waals surface area (Å²) in [5.74, 6) is 0.0624. The first-order chi connectivity index (χ1) is 15.9. The predicted octanol–water partition coefficient (Wildman–Crippen LogP) is 9.00. The lowest BCUT2D eigenvalue weighted by Crippen LogP contribution is -2.12. The molecule has 4 bridgehead atoms. The zero-order chi connectivity index (χ0) is 24.8. The van der Waals surface area contributed by atoms with Crippen molar-refractivity contribution in [1.29, 1.82) is 0 Å². The van der Waals surface area contributed by atoms with E-state index in [1.165, 1.54) is 22.1 Å². The monoisotopic (exact) mass is 448 g/mol. The molecule has 0 aliphatic rings. The highest BCUT2D eigenvalue weighted by Crippen LogP contribution is 2.33. The zero-order valence-electron chi connectivity index (χ0n) is 21.8. The number of fused-ring (bicyclic) bond motifs is 4. The minimum Gasteiger partial charge on any atom is -0.289 e. The van der Waals surface area contributed by atoms with Crippen molar-refractivity contribution in [3.05, 3.63) is 106 Å². The maximum Gasteiger partial charge on any atom is 0.193 e. The quantitative estimate of drug-likeness (QED) is 0.280. The Labute approximate surface area is 204 Å². The molecule has 1 nitrogen and oxygen atoms in total. The Hall–Kier alpha value is -3.19. The van der Waals surface area contributed by atoms with Crippen LogP contribution >= 0.6 is 0 Å². The SMILES string of the molecule is Cc1c2ccc3cc(C(C)(C)C)cc(c(C(=O)c4ccccc4)cc1cc(C(C)(C)C)c2)c3C. The smallest absolute Gasteiger partial charge is 0.193 e. The van der Waals surface area contributed by atoms with Gasteiger partial charge < -0.3 is 0 Å². The zero-order valence-corrected chi connectivity index (χ0v) is 21.8. The summed E-state index contributed by atoms with van der Waals surface area (Å²) in [6, 6.07) is 25.3. The average Bonchev–Trinajstić information content (AvgIpc) is 2.76. The molecule has 4 aromatic rings. The molecule has 0 unspecified atom stereocenters. The third-order valence-electron chi connectivity index (χ3n) is 6.98. The number of rotatable bonds is 2. The van der Waals surface area contributed by atoms with Gasteiger partial charge in [0.2, 0.25) is 0 Å². The highest BCUT2D eigenvalue weighted by molar-refractivity contribution is 6.15. The minimum atomic E-state index is -0.0281. The van der Waals surface area contributed by atoms with Crippen molar-refractivity contribution in [3.63, 3.8) is 0 Å². The molecule has 0 N–H and O–H groups in total. The van der Waals surface area contributed by atoms with Gasteiger partial charge in [-0.2, -0.15) is 0 Å². The van der Waals surface area contributed by atoms with Gasteiger partial charge in [0, 0.05) is 11.1 Å². The molecule has 0 aromatic heterocycles. The lowest BCUT2D eigenvalue weighted by Gasteiger charge is -2.22. The molecule has 0 aliphatic carbocycles. The summed E-state index contributed by atoms with van der Waals surface area (Å²) >= 11 is 0. The van der Waals surface area contributed by atoms with Gasteiger partial charge in [-0.1, -0.05) is 108 Å². The van der Waals surface area contributed by atoms with E-state index in [4.69, 9.17) is 0 Å². The second kappa shape index (κ2) is 8.55. The summed E-state index contributed by atoms with van der Waals surface area (Å²) < 4.78 is 0. The molecule has 4 rings (SSSR count). The van der Waals surface area contributed by atoms with Crippen LogP contribution in [-0.4, -0.2) is 5.78 Å². The second-order valence-corrected chi connectivity index (χ2v) is 11.6. The van der Waals surface area contributed by atoms with Crippen LogP contribution in [0.4, 0.5) is 0 Å². The second-order valence-electron chi connectivity index (χ2n) is 11.6. The van der Waals surface area contributed by atoms with E-state index in [0.29, 0.717) is 5.56 Å². The van der Waals surface area contributed by atoms with Crippen LogP contribution in [0, 0.1) is 13.8 Å². The average molecular weight is 449 g/mol. The number of carbonyl (C=O) groups is 1. The summed E-state index contributed by atoms with van der Waals surface area (Å²) in [4.78, 5) is 14.0. The Kier molecular flexibility index (Phi) is 6.02. The van der Waals surface area contributed by atoms with Crippen molar-refractivity contribution in [2.75, 3.05) is 0 Å². The van der Waals surface area contributed by atoms with E-state index in [0.717, 1.165) is 27.3 Å². The molecule has 0 saturated carbocycles. The van der Waals surface area contributed by atoms with E-state index in [2.05, 4.69) is 97.9 Å². The molecular formula is C33H36O. The Morgan fingerprint density at radius 1 is 0.588 bits per heavy atom. The fourth-order valence-corrected chi connectivity index (χ4v) is 4.48. The highest BCUT2D eigenvalue weighted by Gasteiger charge is 2.20. The molecule has 34 heavy (non-hydrogen) atoms. The number of hydrogen-bond donors (Lipinski definition) is 0. The van der Waals surface area contributed by atoms with Crippen LogP contribution < -0.4 is 0 Å². The number of aryl methyl sites for hydroxylation is 2. The molecule has 174 valence electrons.